The summed E-state index contributed by atoms with van der Waals surface area (Å²) in [6, 6.07) is 1.18. The topological polar surface area (TPSA) is 100 Å². The predicted molar refractivity (Wildman–Crippen MR) is 147 cm³/mol. The van der Waals surface area contributed by atoms with Crippen molar-refractivity contribution in [3.05, 3.63) is 55.5 Å². The van der Waals surface area contributed by atoms with Crippen LogP contribution in [0, 0.1) is 5.82 Å². The van der Waals surface area contributed by atoms with Crippen molar-refractivity contribution in [1.82, 2.24) is 14.5 Å². The molecule has 3 aromatic rings. The summed E-state index contributed by atoms with van der Waals surface area (Å²) in [6.07, 6.45) is 4.77. The number of thiazole rings is 1. The Morgan fingerprint density at radius 2 is 2.00 bits per heavy atom. The lowest BCUT2D eigenvalue weighted by Crippen LogP contribution is -2.48. The molecule has 1 N–H and O–H groups in total. The molecule has 5 rings (SSSR count). The van der Waals surface area contributed by atoms with E-state index in [1.54, 1.807) is 10.8 Å². The van der Waals surface area contributed by atoms with Gasteiger partial charge in [0.25, 0.3) is 0 Å². The summed E-state index contributed by atoms with van der Waals surface area (Å²) >= 11 is 8.28. The van der Waals surface area contributed by atoms with Crippen LogP contribution in [0.15, 0.2) is 33.8 Å². The van der Waals surface area contributed by atoms with Crippen LogP contribution in [0.5, 0.6) is 0 Å². The van der Waals surface area contributed by atoms with Crippen LogP contribution in [0.4, 0.5) is 10.1 Å². The van der Waals surface area contributed by atoms with E-state index >= 15 is 4.39 Å². The molecule has 2 aromatic heterocycles. The lowest BCUT2D eigenvalue weighted by molar-refractivity contribution is 0.000402. The number of aromatic carboxylic acids is 1. The van der Waals surface area contributed by atoms with Gasteiger partial charge in [0.1, 0.15) is 27.7 Å². The molecule has 0 bridgehead atoms. The van der Waals surface area contributed by atoms with Crippen molar-refractivity contribution in [2.45, 2.75) is 45.3 Å². The van der Waals surface area contributed by atoms with E-state index in [2.05, 4.69) is 15.0 Å². The molecule has 2 aliphatic rings. The van der Waals surface area contributed by atoms with E-state index in [4.69, 9.17) is 16.4 Å². The zero-order chi connectivity index (χ0) is 27.2. The van der Waals surface area contributed by atoms with E-state index in [0.29, 0.717) is 38.2 Å². The number of oxime groups is 1. The summed E-state index contributed by atoms with van der Waals surface area (Å²) in [7, 11) is 0. The molecule has 12 heteroatoms. The van der Waals surface area contributed by atoms with Crippen LogP contribution in [-0.4, -0.2) is 69.6 Å². The third-order valence-corrected chi connectivity index (χ3v) is 7.71. The van der Waals surface area contributed by atoms with Gasteiger partial charge in [-0.1, -0.05) is 16.8 Å². The van der Waals surface area contributed by atoms with Crippen molar-refractivity contribution in [3.63, 3.8) is 0 Å². The highest BCUT2D eigenvalue weighted by Crippen LogP contribution is 2.42. The Morgan fingerprint density at radius 1 is 1.29 bits per heavy atom. The number of carboxylic acid groups (broad SMARTS) is 1. The molecule has 1 saturated heterocycles. The highest BCUT2D eigenvalue weighted by atomic mass is 35.5. The summed E-state index contributed by atoms with van der Waals surface area (Å²) < 4.78 is 17.2. The lowest BCUT2D eigenvalue weighted by atomic mass is 10.1. The van der Waals surface area contributed by atoms with Crippen LogP contribution in [-0.2, 0) is 4.84 Å². The van der Waals surface area contributed by atoms with Crippen LogP contribution < -0.4 is 10.3 Å². The number of carbonyl (C=O) groups is 1. The molecule has 1 saturated carbocycles. The smallest absolute Gasteiger partial charge is 0.341 e. The van der Waals surface area contributed by atoms with Crippen LogP contribution in [0.3, 0.4) is 0 Å². The molecule has 1 aliphatic carbocycles. The number of rotatable bonds is 7. The summed E-state index contributed by atoms with van der Waals surface area (Å²) in [6.45, 7) is 8.60. The number of anilines is 1. The average molecular weight is 562 g/mol. The Hall–Kier alpha value is -3.02. The fraction of sp³-hybridized carbons (Fsp3) is 0.462. The van der Waals surface area contributed by atoms with Gasteiger partial charge in [0.15, 0.2) is 0 Å². The summed E-state index contributed by atoms with van der Waals surface area (Å²) in [5.74, 6) is -1.97. The zero-order valence-electron chi connectivity index (χ0n) is 21.4. The first-order valence-corrected chi connectivity index (χ1v) is 13.7. The van der Waals surface area contributed by atoms with Crippen molar-refractivity contribution in [1.29, 1.82) is 0 Å². The van der Waals surface area contributed by atoms with Gasteiger partial charge < -0.3 is 19.4 Å². The van der Waals surface area contributed by atoms with Gasteiger partial charge in [0, 0.05) is 56.5 Å². The summed E-state index contributed by atoms with van der Waals surface area (Å²) in [4.78, 5) is 38.6. The third-order valence-electron chi connectivity index (χ3n) is 6.53. The zero-order valence-corrected chi connectivity index (χ0v) is 23.0. The molecule has 0 unspecified atom stereocenters. The minimum atomic E-state index is -1.34. The van der Waals surface area contributed by atoms with Crippen molar-refractivity contribution < 1.29 is 19.1 Å². The molecule has 0 radical (unpaired) electrons. The summed E-state index contributed by atoms with van der Waals surface area (Å²) in [5.41, 5.74) is -0.178. The maximum atomic E-state index is 15.5. The minimum Gasteiger partial charge on any atom is -0.477 e. The molecular weight excluding hydrogens is 533 g/mol. The van der Waals surface area contributed by atoms with Crippen molar-refractivity contribution in [3.8, 4) is 0 Å². The molecule has 202 valence electrons. The van der Waals surface area contributed by atoms with Gasteiger partial charge in [-0.15, -0.1) is 11.3 Å². The number of benzene rings is 1. The Labute approximate surface area is 228 Å². The largest absolute Gasteiger partial charge is 0.477 e. The van der Waals surface area contributed by atoms with E-state index in [-0.39, 0.29) is 27.7 Å². The molecule has 0 amide bonds. The molecule has 38 heavy (non-hydrogen) atoms. The maximum Gasteiger partial charge on any atom is 0.341 e. The van der Waals surface area contributed by atoms with E-state index in [1.165, 1.54) is 17.5 Å². The fourth-order valence-electron chi connectivity index (χ4n) is 4.55. The molecule has 1 aromatic carbocycles. The lowest BCUT2D eigenvalue weighted by Gasteiger charge is -2.36. The highest BCUT2D eigenvalue weighted by Gasteiger charge is 2.31. The van der Waals surface area contributed by atoms with Crippen LogP contribution in [0.2, 0.25) is 5.02 Å². The predicted octanol–water partition coefficient (Wildman–Crippen LogP) is 4.63. The Balaban J connectivity index is 1.40. The number of carboxylic acids is 1. The molecule has 2 fully saturated rings. The van der Waals surface area contributed by atoms with E-state index in [9.17, 15) is 14.7 Å². The first-order chi connectivity index (χ1) is 18.0. The number of hydrogen-bond donors (Lipinski definition) is 1. The second kappa shape index (κ2) is 10.3. The number of fused-ring (bicyclic) bond motifs is 1. The van der Waals surface area contributed by atoms with Gasteiger partial charge in [-0.05, 0) is 39.7 Å². The number of hydrogen-bond acceptors (Lipinski definition) is 8. The quantitative estimate of drug-likeness (QED) is 0.332. The Morgan fingerprint density at radius 3 is 2.58 bits per heavy atom. The van der Waals surface area contributed by atoms with E-state index < -0.39 is 22.8 Å². The second-order valence-electron chi connectivity index (χ2n) is 10.6. The Kier molecular flexibility index (Phi) is 7.19. The molecule has 3 heterocycles. The van der Waals surface area contributed by atoms with E-state index in [0.717, 1.165) is 29.6 Å². The molecule has 9 nitrogen and oxygen atoms in total. The number of pyridine rings is 1. The van der Waals surface area contributed by atoms with Crippen LogP contribution in [0.25, 0.3) is 10.9 Å². The second-order valence-corrected chi connectivity index (χ2v) is 11.8. The Bertz CT molecular complexity index is 1460. The number of halogens is 2. The first-order valence-electron chi connectivity index (χ1n) is 12.5. The molecular formula is C26H29ClFN5O4S. The van der Waals surface area contributed by atoms with Gasteiger partial charge in [0.05, 0.1) is 21.6 Å². The van der Waals surface area contributed by atoms with Gasteiger partial charge in [-0.3, -0.25) is 9.69 Å². The maximum absolute atomic E-state index is 15.5. The van der Waals surface area contributed by atoms with Gasteiger partial charge in [-0.25, -0.2) is 14.2 Å². The minimum absolute atomic E-state index is 0.00941. The van der Waals surface area contributed by atoms with Crippen molar-refractivity contribution in [2.24, 2.45) is 5.16 Å². The van der Waals surface area contributed by atoms with Gasteiger partial charge in [-0.2, -0.15) is 0 Å². The fourth-order valence-corrected chi connectivity index (χ4v) is 5.57. The molecule has 0 spiro atoms. The highest BCUT2D eigenvalue weighted by molar-refractivity contribution is 7.11. The average Bonchev–Trinajstić information content (AvgIpc) is 3.55. The summed E-state index contributed by atoms with van der Waals surface area (Å²) in [5, 5.41) is 16.7. The standard InChI is InChI=1S/C26H29ClFN5O4S/c1-26(2,3)37-30-19(24-29-6-11-38-24)14-31-7-9-32(10-8-31)22-18(28)12-16-21(20(22)27)33(15-4-5-15)13-17(23(16)34)25(35)36/h6,11-13,15H,4-5,7-10,14H2,1-3H3,(H,35,36)/b30-19+. The third kappa shape index (κ3) is 5.41. The van der Waals surface area contributed by atoms with Crippen molar-refractivity contribution >= 4 is 51.2 Å². The number of piperazine rings is 1. The van der Waals surface area contributed by atoms with Crippen LogP contribution in [0.1, 0.15) is 55.0 Å². The number of aromatic nitrogens is 2. The molecule has 0 atom stereocenters. The van der Waals surface area contributed by atoms with E-state index in [1.807, 2.05) is 31.1 Å². The monoisotopic (exact) mass is 561 g/mol. The van der Waals surface area contributed by atoms with Gasteiger partial charge in [0.2, 0.25) is 5.43 Å². The first kappa shape index (κ1) is 26.6. The normalized spacial score (nSPS) is 17.3. The van der Waals surface area contributed by atoms with Crippen molar-refractivity contribution in [2.75, 3.05) is 37.6 Å². The van der Waals surface area contributed by atoms with Gasteiger partial charge >= 0.3 is 5.97 Å². The van der Waals surface area contributed by atoms with Crippen LogP contribution >= 0.6 is 22.9 Å². The SMILES string of the molecule is CC(C)(C)O/N=C(\CN1CCN(c2c(F)cc3c(=O)c(C(=O)O)cn(C4CC4)c3c2Cl)CC1)c1nccs1. The number of nitrogens with zero attached hydrogens (tertiary/aromatic N) is 5. The molecule has 1 aliphatic heterocycles.